The van der Waals surface area contributed by atoms with Crippen LogP contribution < -0.4 is 4.74 Å². The van der Waals surface area contributed by atoms with E-state index in [1.54, 1.807) is 19.1 Å². The van der Waals surface area contributed by atoms with Crippen molar-refractivity contribution < 1.29 is 13.9 Å². The summed E-state index contributed by atoms with van der Waals surface area (Å²) in [6.07, 6.45) is 1.97. The molecule has 2 heterocycles. The summed E-state index contributed by atoms with van der Waals surface area (Å²) >= 11 is 1.15. The number of ether oxygens (including phenoxy) is 1. The normalized spacial score (nSPS) is 18.0. The van der Waals surface area contributed by atoms with E-state index in [2.05, 4.69) is 9.59 Å². The lowest BCUT2D eigenvalue weighted by Gasteiger charge is -2.32. The third kappa shape index (κ3) is 3.85. The van der Waals surface area contributed by atoms with Crippen molar-refractivity contribution in [3.63, 3.8) is 0 Å². The van der Waals surface area contributed by atoms with Crippen LogP contribution in [0.3, 0.4) is 0 Å². The summed E-state index contributed by atoms with van der Waals surface area (Å²) in [7, 11) is 0. The molecule has 5 nitrogen and oxygen atoms in total. The molecular weight excluding hydrogens is 317 g/mol. The smallest absolute Gasteiger partial charge is 0.267 e. The van der Waals surface area contributed by atoms with Gasteiger partial charge in [-0.15, -0.1) is 5.10 Å². The minimum absolute atomic E-state index is 0.00369. The van der Waals surface area contributed by atoms with Crippen molar-refractivity contribution in [2.75, 3.05) is 19.7 Å². The van der Waals surface area contributed by atoms with Crippen LogP contribution in [-0.4, -0.2) is 40.1 Å². The first-order valence-corrected chi connectivity index (χ1v) is 8.37. The van der Waals surface area contributed by atoms with Gasteiger partial charge in [-0.3, -0.25) is 4.79 Å². The van der Waals surface area contributed by atoms with Gasteiger partial charge in [0.1, 0.15) is 16.4 Å². The zero-order chi connectivity index (χ0) is 16.2. The Balaban J connectivity index is 1.57. The molecule has 1 fully saturated rings. The van der Waals surface area contributed by atoms with Crippen molar-refractivity contribution in [1.82, 2.24) is 14.5 Å². The molecule has 1 atom stereocenters. The van der Waals surface area contributed by atoms with Gasteiger partial charge in [-0.25, -0.2) is 4.39 Å². The summed E-state index contributed by atoms with van der Waals surface area (Å²) in [5, 5.41) is 3.90. The number of hydrogen-bond acceptors (Lipinski definition) is 5. The minimum atomic E-state index is -0.277. The molecule has 0 spiro atoms. The lowest BCUT2D eigenvalue weighted by molar-refractivity contribution is 0.0637. The fourth-order valence-corrected chi connectivity index (χ4v) is 3.33. The fourth-order valence-electron chi connectivity index (χ4n) is 2.70. The average Bonchev–Trinajstić information content (AvgIpc) is 3.00. The number of carbonyl (C=O) groups excluding carboxylic acids is 1. The SMILES string of the molecule is Cc1nnsc1C(=O)N1CCC[C@@H](COc2ccc(F)cc2)C1. The number of hydrogen-bond donors (Lipinski definition) is 0. The molecule has 0 unspecified atom stereocenters. The van der Waals surface area contributed by atoms with E-state index in [9.17, 15) is 9.18 Å². The first kappa shape index (κ1) is 15.9. The molecule has 1 saturated heterocycles. The number of rotatable bonds is 4. The second-order valence-corrected chi connectivity index (χ2v) is 6.47. The van der Waals surface area contributed by atoms with Crippen LogP contribution in [0.4, 0.5) is 4.39 Å². The number of likely N-dealkylation sites (tertiary alicyclic amines) is 1. The largest absolute Gasteiger partial charge is 0.493 e. The van der Waals surface area contributed by atoms with Gasteiger partial charge in [0.15, 0.2) is 0 Å². The summed E-state index contributed by atoms with van der Waals surface area (Å²) in [6.45, 7) is 3.74. The number of nitrogens with zero attached hydrogens (tertiary/aromatic N) is 3. The highest BCUT2D eigenvalue weighted by Gasteiger charge is 2.27. The summed E-state index contributed by atoms with van der Waals surface area (Å²) in [5.74, 6) is 0.653. The van der Waals surface area contributed by atoms with Gasteiger partial charge >= 0.3 is 0 Å². The Morgan fingerprint density at radius 2 is 2.22 bits per heavy atom. The van der Waals surface area contributed by atoms with Gasteiger partial charge in [0.05, 0.1) is 12.3 Å². The zero-order valence-corrected chi connectivity index (χ0v) is 13.7. The molecule has 0 aliphatic carbocycles. The Hall–Kier alpha value is -2.02. The van der Waals surface area contributed by atoms with E-state index in [0.29, 0.717) is 29.5 Å². The Morgan fingerprint density at radius 3 is 2.91 bits per heavy atom. The van der Waals surface area contributed by atoms with Crippen LogP contribution in [0, 0.1) is 18.7 Å². The maximum atomic E-state index is 12.9. The highest BCUT2D eigenvalue weighted by atomic mass is 32.1. The van der Waals surface area contributed by atoms with Crippen molar-refractivity contribution in [3.05, 3.63) is 40.7 Å². The van der Waals surface area contributed by atoms with E-state index in [-0.39, 0.29) is 17.6 Å². The van der Waals surface area contributed by atoms with Gasteiger partial charge in [-0.1, -0.05) is 4.49 Å². The lowest BCUT2D eigenvalue weighted by Crippen LogP contribution is -2.41. The third-order valence-electron chi connectivity index (χ3n) is 3.95. The number of halogens is 1. The fraction of sp³-hybridized carbons (Fsp3) is 0.438. The Kier molecular flexibility index (Phi) is 4.85. The van der Waals surface area contributed by atoms with E-state index in [1.807, 2.05) is 4.90 Å². The molecule has 1 aromatic carbocycles. The number of benzene rings is 1. The van der Waals surface area contributed by atoms with E-state index >= 15 is 0 Å². The molecule has 0 bridgehead atoms. The van der Waals surface area contributed by atoms with E-state index in [0.717, 1.165) is 30.9 Å². The van der Waals surface area contributed by atoms with Gasteiger partial charge < -0.3 is 9.64 Å². The number of aryl methyl sites for hydroxylation is 1. The maximum Gasteiger partial charge on any atom is 0.267 e. The van der Waals surface area contributed by atoms with Crippen LogP contribution >= 0.6 is 11.5 Å². The predicted octanol–water partition coefficient (Wildman–Crippen LogP) is 2.92. The van der Waals surface area contributed by atoms with Crippen molar-refractivity contribution >= 4 is 17.4 Å². The summed E-state index contributed by atoms with van der Waals surface area (Å²) in [4.78, 5) is 15.0. The molecule has 122 valence electrons. The molecule has 0 N–H and O–H groups in total. The van der Waals surface area contributed by atoms with Crippen LogP contribution in [0.15, 0.2) is 24.3 Å². The van der Waals surface area contributed by atoms with Crippen LogP contribution in [0.2, 0.25) is 0 Å². The van der Waals surface area contributed by atoms with Crippen LogP contribution in [-0.2, 0) is 0 Å². The molecule has 1 aliphatic heterocycles. The van der Waals surface area contributed by atoms with E-state index in [1.165, 1.54) is 12.1 Å². The number of piperidine rings is 1. The average molecular weight is 335 g/mol. The van der Waals surface area contributed by atoms with Gasteiger partial charge in [-0.2, -0.15) is 0 Å². The monoisotopic (exact) mass is 335 g/mol. The van der Waals surface area contributed by atoms with Crippen LogP contribution in [0.25, 0.3) is 0 Å². The molecule has 2 aromatic rings. The van der Waals surface area contributed by atoms with E-state index in [4.69, 9.17) is 4.74 Å². The molecule has 3 rings (SSSR count). The molecule has 0 radical (unpaired) electrons. The third-order valence-corrected chi connectivity index (χ3v) is 4.77. The highest BCUT2D eigenvalue weighted by molar-refractivity contribution is 7.07. The van der Waals surface area contributed by atoms with E-state index < -0.39 is 0 Å². The molecule has 1 amide bonds. The molecule has 7 heteroatoms. The van der Waals surface area contributed by atoms with Crippen molar-refractivity contribution in [2.45, 2.75) is 19.8 Å². The summed E-state index contributed by atoms with van der Waals surface area (Å²) in [6, 6.07) is 6.00. The molecule has 1 aliphatic rings. The molecule has 1 aromatic heterocycles. The van der Waals surface area contributed by atoms with Crippen molar-refractivity contribution in [2.24, 2.45) is 5.92 Å². The van der Waals surface area contributed by atoms with Gasteiger partial charge in [0.2, 0.25) is 0 Å². The maximum absolute atomic E-state index is 12.9. The number of carbonyl (C=O) groups is 1. The van der Waals surface area contributed by atoms with Gasteiger partial charge in [0, 0.05) is 19.0 Å². The summed E-state index contributed by atoms with van der Waals surface area (Å²) in [5.41, 5.74) is 0.685. The zero-order valence-electron chi connectivity index (χ0n) is 12.9. The quantitative estimate of drug-likeness (QED) is 0.862. The van der Waals surface area contributed by atoms with Crippen molar-refractivity contribution in [3.8, 4) is 5.75 Å². The first-order valence-electron chi connectivity index (χ1n) is 7.60. The number of aromatic nitrogens is 2. The van der Waals surface area contributed by atoms with Crippen molar-refractivity contribution in [1.29, 1.82) is 0 Å². The second-order valence-electron chi connectivity index (χ2n) is 5.71. The standard InChI is InChI=1S/C16H18FN3O2S/c1-11-15(23-19-18-11)16(21)20-8-2-3-12(9-20)10-22-14-6-4-13(17)5-7-14/h4-7,12H,2-3,8-10H2,1H3/t12-/m1/s1. The first-order chi connectivity index (χ1) is 11.1. The Morgan fingerprint density at radius 1 is 1.43 bits per heavy atom. The molecule has 0 saturated carbocycles. The topological polar surface area (TPSA) is 55.3 Å². The van der Waals surface area contributed by atoms with Crippen LogP contribution in [0.5, 0.6) is 5.75 Å². The summed E-state index contributed by atoms with van der Waals surface area (Å²) < 4.78 is 22.4. The number of amides is 1. The molecular formula is C16H18FN3O2S. The Labute approximate surface area is 138 Å². The van der Waals surface area contributed by atoms with Gasteiger partial charge in [0.25, 0.3) is 5.91 Å². The molecule has 23 heavy (non-hydrogen) atoms. The highest BCUT2D eigenvalue weighted by Crippen LogP contribution is 2.22. The second kappa shape index (κ2) is 7.04. The minimum Gasteiger partial charge on any atom is -0.493 e. The van der Waals surface area contributed by atoms with Gasteiger partial charge in [-0.05, 0) is 55.6 Å². The Bertz CT molecular complexity index is 674. The van der Waals surface area contributed by atoms with Crippen LogP contribution in [0.1, 0.15) is 28.2 Å². The predicted molar refractivity (Wildman–Crippen MR) is 85.2 cm³/mol. The lowest BCUT2D eigenvalue weighted by atomic mass is 9.98.